The minimum absolute atomic E-state index is 0.0642. The van der Waals surface area contributed by atoms with E-state index in [1.54, 1.807) is 12.1 Å². The number of hydrogen-bond donors (Lipinski definition) is 2. The molecule has 1 aromatic heterocycles. The molecular formula is C13H12ClN3O4. The Kier molecular flexibility index (Phi) is 3.34. The molecule has 2 heterocycles. The van der Waals surface area contributed by atoms with Crippen molar-refractivity contribution in [3.05, 3.63) is 49.8 Å². The van der Waals surface area contributed by atoms with Gasteiger partial charge in [0, 0.05) is 18.0 Å². The van der Waals surface area contributed by atoms with E-state index in [0.29, 0.717) is 36.0 Å². The highest BCUT2D eigenvalue weighted by molar-refractivity contribution is 6.30. The smallest absolute Gasteiger partial charge is 0.328 e. The molecule has 21 heavy (non-hydrogen) atoms. The van der Waals surface area contributed by atoms with E-state index in [-0.39, 0.29) is 11.6 Å². The molecule has 0 unspecified atom stereocenters. The fourth-order valence-electron chi connectivity index (χ4n) is 2.07. The summed E-state index contributed by atoms with van der Waals surface area (Å²) in [7, 11) is 0. The zero-order valence-corrected chi connectivity index (χ0v) is 11.6. The van der Waals surface area contributed by atoms with Gasteiger partial charge in [0.15, 0.2) is 11.5 Å². The number of nitrogens with two attached hydrogens (primary N) is 1. The van der Waals surface area contributed by atoms with Gasteiger partial charge in [-0.05, 0) is 11.6 Å². The number of H-pyrrole nitrogens is 1. The second-order valence-electron chi connectivity index (χ2n) is 4.56. The van der Waals surface area contributed by atoms with Crippen LogP contribution in [0.5, 0.6) is 11.5 Å². The summed E-state index contributed by atoms with van der Waals surface area (Å²) >= 11 is 5.73. The van der Waals surface area contributed by atoms with E-state index < -0.39 is 11.2 Å². The highest BCUT2D eigenvalue weighted by Crippen LogP contribution is 2.34. The summed E-state index contributed by atoms with van der Waals surface area (Å²) < 4.78 is 12.2. The van der Waals surface area contributed by atoms with Crippen molar-refractivity contribution < 1.29 is 9.47 Å². The number of nitrogens with one attached hydrogen (secondary N) is 1. The fourth-order valence-corrected chi connectivity index (χ4v) is 2.23. The van der Waals surface area contributed by atoms with Gasteiger partial charge in [-0.2, -0.15) is 0 Å². The molecule has 3 N–H and O–H groups in total. The maximum atomic E-state index is 11.7. The normalized spacial score (nSPS) is 13.2. The number of hydrogen-bond acceptors (Lipinski definition) is 5. The molecule has 7 nitrogen and oxygen atoms in total. The lowest BCUT2D eigenvalue weighted by atomic mass is 10.1. The number of fused-ring (bicyclic) bond motifs is 1. The Morgan fingerprint density at radius 1 is 1.24 bits per heavy atom. The Bertz CT molecular complexity index is 812. The molecular weight excluding hydrogens is 298 g/mol. The molecule has 2 aromatic rings. The summed E-state index contributed by atoms with van der Waals surface area (Å²) in [5, 5.41) is -0.0642. The number of nitrogens with zero attached hydrogens (tertiary/aromatic N) is 1. The van der Waals surface area contributed by atoms with Crippen molar-refractivity contribution in [3.8, 4) is 11.5 Å². The number of benzene rings is 1. The van der Waals surface area contributed by atoms with Crippen molar-refractivity contribution in [3.63, 3.8) is 0 Å². The van der Waals surface area contributed by atoms with Crippen LogP contribution >= 0.6 is 11.6 Å². The summed E-state index contributed by atoms with van der Waals surface area (Å²) in [6, 6.07) is 3.37. The molecule has 0 bridgehead atoms. The molecule has 8 heteroatoms. The standard InChI is InChI=1S/C13H12ClN3O4/c14-8-6-17(13(19)16-12(8)18)5-7-3-10-11(4-9(7)15)21-2-1-20-10/h3-4,6H,1-2,5,15H2,(H,16,18,19). The van der Waals surface area contributed by atoms with Crippen LogP contribution in [0.3, 0.4) is 0 Å². The molecule has 0 atom stereocenters. The van der Waals surface area contributed by atoms with Gasteiger partial charge < -0.3 is 15.2 Å². The highest BCUT2D eigenvalue weighted by atomic mass is 35.5. The summed E-state index contributed by atoms with van der Waals surface area (Å²) in [6.45, 7) is 1.10. The first-order chi connectivity index (χ1) is 10.0. The minimum atomic E-state index is -0.618. The Balaban J connectivity index is 2.00. The number of halogens is 1. The largest absolute Gasteiger partial charge is 0.486 e. The van der Waals surface area contributed by atoms with Gasteiger partial charge in [-0.15, -0.1) is 0 Å². The third kappa shape index (κ3) is 2.59. The van der Waals surface area contributed by atoms with Crippen molar-refractivity contribution in [2.45, 2.75) is 6.54 Å². The van der Waals surface area contributed by atoms with Crippen molar-refractivity contribution in [1.29, 1.82) is 0 Å². The summed E-state index contributed by atoms with van der Waals surface area (Å²) in [6.07, 6.45) is 1.28. The molecule has 0 fully saturated rings. The molecule has 0 aliphatic carbocycles. The average molecular weight is 310 g/mol. The number of aromatic amines is 1. The highest BCUT2D eigenvalue weighted by Gasteiger charge is 2.15. The second kappa shape index (κ2) is 5.17. The van der Waals surface area contributed by atoms with Crippen LogP contribution in [0.1, 0.15) is 5.56 Å². The van der Waals surface area contributed by atoms with Crippen LogP contribution in [0, 0.1) is 0 Å². The van der Waals surface area contributed by atoms with E-state index in [0.717, 1.165) is 0 Å². The van der Waals surface area contributed by atoms with Gasteiger partial charge in [0.1, 0.15) is 18.2 Å². The lowest BCUT2D eigenvalue weighted by molar-refractivity contribution is 0.171. The van der Waals surface area contributed by atoms with Crippen LogP contribution in [0.25, 0.3) is 0 Å². The number of anilines is 1. The number of nitrogen functional groups attached to an aromatic ring is 1. The Labute approximate surface area is 123 Å². The van der Waals surface area contributed by atoms with Crippen LogP contribution in [0.4, 0.5) is 5.69 Å². The minimum Gasteiger partial charge on any atom is -0.486 e. The second-order valence-corrected chi connectivity index (χ2v) is 4.97. The third-order valence-electron chi connectivity index (χ3n) is 3.11. The Morgan fingerprint density at radius 3 is 2.62 bits per heavy atom. The summed E-state index contributed by atoms with van der Waals surface area (Å²) in [5.41, 5.74) is 5.92. The molecule has 1 aliphatic rings. The topological polar surface area (TPSA) is 99.3 Å². The van der Waals surface area contributed by atoms with Crippen LogP contribution in [-0.4, -0.2) is 22.8 Å². The maximum Gasteiger partial charge on any atom is 0.328 e. The van der Waals surface area contributed by atoms with Crippen molar-refractivity contribution >= 4 is 17.3 Å². The van der Waals surface area contributed by atoms with E-state index in [2.05, 4.69) is 4.98 Å². The van der Waals surface area contributed by atoms with E-state index in [9.17, 15) is 9.59 Å². The zero-order chi connectivity index (χ0) is 15.0. The molecule has 110 valence electrons. The Hall–Kier alpha value is -2.41. The van der Waals surface area contributed by atoms with E-state index in [1.165, 1.54) is 10.8 Å². The van der Waals surface area contributed by atoms with Crippen molar-refractivity contribution in [2.24, 2.45) is 0 Å². The van der Waals surface area contributed by atoms with Crippen molar-refractivity contribution in [1.82, 2.24) is 9.55 Å². The third-order valence-corrected chi connectivity index (χ3v) is 3.38. The van der Waals surface area contributed by atoms with Crippen LogP contribution in [0.15, 0.2) is 27.9 Å². The Morgan fingerprint density at radius 2 is 1.90 bits per heavy atom. The predicted molar refractivity (Wildman–Crippen MR) is 77.3 cm³/mol. The van der Waals surface area contributed by atoms with Crippen LogP contribution in [-0.2, 0) is 6.54 Å². The lowest BCUT2D eigenvalue weighted by Crippen LogP contribution is -2.30. The first-order valence-corrected chi connectivity index (χ1v) is 6.59. The monoisotopic (exact) mass is 309 g/mol. The van der Waals surface area contributed by atoms with Crippen LogP contribution < -0.4 is 26.5 Å². The van der Waals surface area contributed by atoms with E-state index >= 15 is 0 Å². The first kappa shape index (κ1) is 13.6. The fraction of sp³-hybridized carbons (Fsp3) is 0.231. The number of rotatable bonds is 2. The van der Waals surface area contributed by atoms with Crippen molar-refractivity contribution in [2.75, 3.05) is 18.9 Å². The molecule has 0 radical (unpaired) electrons. The zero-order valence-electron chi connectivity index (χ0n) is 10.9. The van der Waals surface area contributed by atoms with E-state index in [1.807, 2.05) is 0 Å². The molecule has 3 rings (SSSR count). The maximum absolute atomic E-state index is 11.7. The van der Waals surface area contributed by atoms with Gasteiger partial charge in [-0.3, -0.25) is 14.3 Å². The first-order valence-electron chi connectivity index (χ1n) is 6.22. The molecule has 0 spiro atoms. The van der Waals surface area contributed by atoms with Gasteiger partial charge >= 0.3 is 5.69 Å². The van der Waals surface area contributed by atoms with Gasteiger partial charge in [0.05, 0.1) is 6.54 Å². The summed E-state index contributed by atoms with van der Waals surface area (Å²) in [4.78, 5) is 25.1. The van der Waals surface area contributed by atoms with Gasteiger partial charge in [-0.1, -0.05) is 11.6 Å². The molecule has 0 saturated carbocycles. The molecule has 0 amide bonds. The van der Waals surface area contributed by atoms with E-state index in [4.69, 9.17) is 26.8 Å². The molecule has 1 aromatic carbocycles. The van der Waals surface area contributed by atoms with Crippen LogP contribution in [0.2, 0.25) is 5.02 Å². The number of ether oxygens (including phenoxy) is 2. The molecule has 1 aliphatic heterocycles. The quantitative estimate of drug-likeness (QED) is 0.791. The number of aromatic nitrogens is 2. The predicted octanol–water partition coefficient (Wildman–Crippen LogP) is 0.592. The molecule has 0 saturated heterocycles. The average Bonchev–Trinajstić information content (AvgIpc) is 2.45. The van der Waals surface area contributed by atoms with Gasteiger partial charge in [0.25, 0.3) is 5.56 Å². The van der Waals surface area contributed by atoms with Gasteiger partial charge in [0.2, 0.25) is 0 Å². The van der Waals surface area contributed by atoms with Gasteiger partial charge in [-0.25, -0.2) is 4.79 Å². The SMILES string of the molecule is Nc1cc2c(cc1Cn1cc(Cl)c(=O)[nH]c1=O)OCCO2. The summed E-state index contributed by atoms with van der Waals surface area (Å²) in [5.74, 6) is 1.16. The lowest BCUT2D eigenvalue weighted by Gasteiger charge is -2.20.